The van der Waals surface area contributed by atoms with Crippen molar-refractivity contribution in [1.29, 1.82) is 0 Å². The van der Waals surface area contributed by atoms with Gasteiger partial charge in [-0.3, -0.25) is 0 Å². The van der Waals surface area contributed by atoms with Crippen LogP contribution in [0.2, 0.25) is 0 Å². The molecule has 0 aliphatic carbocycles. The van der Waals surface area contributed by atoms with E-state index in [2.05, 4.69) is 41.5 Å². The van der Waals surface area contributed by atoms with E-state index in [1.807, 2.05) is 18.2 Å². The van der Waals surface area contributed by atoms with Crippen LogP contribution in [0, 0.1) is 0 Å². The smallest absolute Gasteiger partial charge is 0.872 e. The molecule has 16 heavy (non-hydrogen) atoms. The van der Waals surface area contributed by atoms with Crippen LogP contribution in [0.15, 0.2) is 18.2 Å². The molecule has 0 aliphatic heterocycles. The van der Waals surface area contributed by atoms with Crippen LogP contribution in [-0.2, 0) is 10.8 Å². The van der Waals surface area contributed by atoms with E-state index in [-0.39, 0.29) is 46.1 Å². The minimum absolute atomic E-state index is 0. The van der Waals surface area contributed by atoms with Gasteiger partial charge in [-0.1, -0.05) is 70.9 Å². The van der Waals surface area contributed by atoms with Crippen LogP contribution in [0.5, 0.6) is 5.75 Å². The van der Waals surface area contributed by atoms with E-state index in [0.717, 1.165) is 11.1 Å². The number of hydrogen-bond acceptors (Lipinski definition) is 1. The standard InChI is InChI=1S/C14H22O.Na/c1-13(2,3)10-8-7-9-11(12(10)15)14(4,5)6;/h7-9,15H,1-6H3;/q;+1/p-1. The molecular weight excluding hydrogens is 207 g/mol. The predicted molar refractivity (Wildman–Crippen MR) is 63.3 cm³/mol. The van der Waals surface area contributed by atoms with Gasteiger partial charge in [0.1, 0.15) is 0 Å². The molecule has 1 aromatic carbocycles. The normalized spacial score (nSPS) is 12.1. The SMILES string of the molecule is CC(C)(C)c1cccc(C(C)(C)C)c1[O-].[Na+]. The third-order valence-corrected chi connectivity index (χ3v) is 2.63. The van der Waals surface area contributed by atoms with E-state index in [1.54, 1.807) is 0 Å². The number of rotatable bonds is 0. The van der Waals surface area contributed by atoms with Crippen LogP contribution in [-0.4, -0.2) is 0 Å². The molecular formula is C14H21NaO. The molecule has 0 aliphatic rings. The Labute approximate surface area is 122 Å². The van der Waals surface area contributed by atoms with E-state index in [4.69, 9.17) is 0 Å². The van der Waals surface area contributed by atoms with Crippen LogP contribution < -0.4 is 34.7 Å². The Hall–Kier alpha value is 0.0200. The van der Waals surface area contributed by atoms with E-state index in [9.17, 15) is 5.11 Å². The van der Waals surface area contributed by atoms with Gasteiger partial charge in [-0.2, -0.15) is 0 Å². The predicted octanol–water partition coefficient (Wildman–Crippen LogP) is 0.359. The molecule has 0 fully saturated rings. The summed E-state index contributed by atoms with van der Waals surface area (Å²) in [4.78, 5) is 0. The summed E-state index contributed by atoms with van der Waals surface area (Å²) in [5.41, 5.74) is 1.68. The first-order chi connectivity index (χ1) is 6.64. The third kappa shape index (κ3) is 3.51. The van der Waals surface area contributed by atoms with Gasteiger partial charge in [0.2, 0.25) is 0 Å². The Morgan fingerprint density at radius 3 is 1.38 bits per heavy atom. The second-order valence-corrected chi connectivity index (χ2v) is 6.18. The van der Waals surface area contributed by atoms with Gasteiger partial charge in [0.05, 0.1) is 0 Å². The molecule has 2 heteroatoms. The fourth-order valence-electron chi connectivity index (χ4n) is 1.72. The maximum absolute atomic E-state index is 12.3. The van der Waals surface area contributed by atoms with Gasteiger partial charge in [0.15, 0.2) is 0 Å². The van der Waals surface area contributed by atoms with Crippen LogP contribution in [0.25, 0.3) is 0 Å². The van der Waals surface area contributed by atoms with Crippen LogP contribution in [0.3, 0.4) is 0 Å². The Bertz CT molecular complexity index is 324. The average Bonchev–Trinajstić information content (AvgIpc) is 1.99. The van der Waals surface area contributed by atoms with Crippen molar-refractivity contribution < 1.29 is 34.7 Å². The summed E-state index contributed by atoms with van der Waals surface area (Å²) >= 11 is 0. The Morgan fingerprint density at radius 1 is 0.812 bits per heavy atom. The number of hydrogen-bond donors (Lipinski definition) is 0. The second-order valence-electron chi connectivity index (χ2n) is 6.18. The summed E-state index contributed by atoms with van der Waals surface area (Å²) in [7, 11) is 0. The summed E-state index contributed by atoms with van der Waals surface area (Å²) in [6, 6.07) is 5.87. The molecule has 1 rings (SSSR count). The summed E-state index contributed by atoms with van der Waals surface area (Å²) in [5, 5.41) is 12.3. The quantitative estimate of drug-likeness (QED) is 0.588. The van der Waals surface area contributed by atoms with Gasteiger partial charge in [0.25, 0.3) is 0 Å². The van der Waals surface area contributed by atoms with E-state index in [0.29, 0.717) is 0 Å². The van der Waals surface area contributed by atoms with Crippen molar-refractivity contribution in [1.82, 2.24) is 0 Å². The summed E-state index contributed by atoms with van der Waals surface area (Å²) in [6.07, 6.45) is 0. The average molecular weight is 228 g/mol. The van der Waals surface area contributed by atoms with Crippen molar-refractivity contribution in [2.24, 2.45) is 0 Å². The van der Waals surface area contributed by atoms with Gasteiger partial charge < -0.3 is 5.11 Å². The minimum Gasteiger partial charge on any atom is -0.872 e. The van der Waals surface area contributed by atoms with Crippen LogP contribution in [0.1, 0.15) is 52.7 Å². The third-order valence-electron chi connectivity index (χ3n) is 2.63. The van der Waals surface area contributed by atoms with E-state index < -0.39 is 0 Å². The fraction of sp³-hybridized carbons (Fsp3) is 0.571. The van der Waals surface area contributed by atoms with Crippen molar-refractivity contribution in [3.05, 3.63) is 29.3 Å². The van der Waals surface area contributed by atoms with Crippen molar-refractivity contribution in [3.63, 3.8) is 0 Å². The topological polar surface area (TPSA) is 23.1 Å². The summed E-state index contributed by atoms with van der Waals surface area (Å²) in [5.74, 6) is 0.206. The summed E-state index contributed by atoms with van der Waals surface area (Å²) in [6.45, 7) is 12.5. The zero-order valence-electron chi connectivity index (χ0n) is 11.6. The first-order valence-corrected chi connectivity index (χ1v) is 5.45. The van der Waals surface area contributed by atoms with Crippen molar-refractivity contribution >= 4 is 0 Å². The molecule has 0 heterocycles. The molecule has 0 aromatic heterocycles. The molecule has 1 aromatic rings. The van der Waals surface area contributed by atoms with Gasteiger partial charge in [0, 0.05) is 0 Å². The maximum atomic E-state index is 12.3. The summed E-state index contributed by atoms with van der Waals surface area (Å²) < 4.78 is 0. The zero-order valence-corrected chi connectivity index (χ0v) is 13.6. The van der Waals surface area contributed by atoms with Gasteiger partial charge in [-0.05, 0) is 10.8 Å². The molecule has 0 bridgehead atoms. The molecule has 0 saturated heterocycles. The monoisotopic (exact) mass is 228 g/mol. The van der Waals surface area contributed by atoms with E-state index in [1.165, 1.54) is 0 Å². The Balaban J connectivity index is 0.00000225. The molecule has 0 N–H and O–H groups in total. The minimum atomic E-state index is -0.0711. The molecule has 84 valence electrons. The first kappa shape index (κ1) is 16.0. The van der Waals surface area contributed by atoms with Crippen LogP contribution >= 0.6 is 0 Å². The second kappa shape index (κ2) is 5.12. The molecule has 0 spiro atoms. The van der Waals surface area contributed by atoms with Gasteiger partial charge in [-0.15, -0.1) is 5.75 Å². The molecule has 1 nitrogen and oxygen atoms in total. The van der Waals surface area contributed by atoms with Gasteiger partial charge in [-0.25, -0.2) is 0 Å². The van der Waals surface area contributed by atoms with Crippen molar-refractivity contribution in [2.45, 2.75) is 52.4 Å². The Morgan fingerprint density at radius 2 is 1.12 bits per heavy atom. The van der Waals surface area contributed by atoms with Gasteiger partial charge >= 0.3 is 29.6 Å². The molecule has 0 saturated carbocycles. The zero-order chi connectivity index (χ0) is 11.9. The molecule has 0 unspecified atom stereocenters. The molecule has 0 amide bonds. The number of benzene rings is 1. The first-order valence-electron chi connectivity index (χ1n) is 5.45. The largest absolute Gasteiger partial charge is 1.00 e. The van der Waals surface area contributed by atoms with E-state index >= 15 is 0 Å². The number of para-hydroxylation sites is 1. The van der Waals surface area contributed by atoms with Crippen molar-refractivity contribution in [3.8, 4) is 5.75 Å². The molecule has 0 atom stereocenters. The fourth-order valence-corrected chi connectivity index (χ4v) is 1.72. The van der Waals surface area contributed by atoms with Crippen molar-refractivity contribution in [2.75, 3.05) is 0 Å². The maximum Gasteiger partial charge on any atom is 1.00 e. The molecule has 0 radical (unpaired) electrons. The van der Waals surface area contributed by atoms with Crippen LogP contribution in [0.4, 0.5) is 0 Å². The Kier molecular flexibility index (Phi) is 5.12.